The van der Waals surface area contributed by atoms with Gasteiger partial charge in [-0.25, -0.2) is 0 Å². The Balaban J connectivity index is 4.36. The quantitative estimate of drug-likeness (QED) is 0.293. The first-order valence-corrected chi connectivity index (χ1v) is 9.97. The zero-order valence-corrected chi connectivity index (χ0v) is 15.1. The predicted octanol–water partition coefficient (Wildman–Crippen LogP) is 3.30. The molecule has 0 rings (SSSR count). The molecule has 0 aliphatic heterocycles. The molecule has 0 amide bonds. The number of Topliss-reactive ketones (excluding diaryl/α,β-unsaturated/α-hetero) is 1. The van der Waals surface area contributed by atoms with Crippen LogP contribution in [0.15, 0.2) is 0 Å². The SMILES string of the molecule is CCCCCCOC(=O)[C@@H](CC(=O)CCCCCC)S(=O)(=O)O. The van der Waals surface area contributed by atoms with Crippen LogP contribution in [0.25, 0.3) is 0 Å². The summed E-state index contributed by atoms with van der Waals surface area (Å²) in [6.45, 7) is 4.20. The van der Waals surface area contributed by atoms with E-state index in [1.165, 1.54) is 0 Å². The Bertz CT molecular complexity index is 443. The summed E-state index contributed by atoms with van der Waals surface area (Å²) < 4.78 is 36.7. The lowest BCUT2D eigenvalue weighted by Crippen LogP contribution is -2.34. The minimum Gasteiger partial charge on any atom is -0.465 e. The monoisotopic (exact) mass is 350 g/mol. The minimum atomic E-state index is -4.64. The van der Waals surface area contributed by atoms with E-state index in [-0.39, 0.29) is 18.8 Å². The number of hydrogen-bond donors (Lipinski definition) is 1. The first-order valence-electron chi connectivity index (χ1n) is 8.47. The number of rotatable bonds is 14. The highest BCUT2D eigenvalue weighted by Gasteiger charge is 2.34. The van der Waals surface area contributed by atoms with Gasteiger partial charge < -0.3 is 4.74 Å². The van der Waals surface area contributed by atoms with E-state index in [9.17, 15) is 18.0 Å². The second kappa shape index (κ2) is 12.5. The Morgan fingerprint density at radius 3 is 2.04 bits per heavy atom. The van der Waals surface area contributed by atoms with Gasteiger partial charge in [0.2, 0.25) is 0 Å². The molecule has 0 fully saturated rings. The average molecular weight is 350 g/mol. The van der Waals surface area contributed by atoms with Crippen LogP contribution in [-0.2, 0) is 24.4 Å². The molecule has 0 radical (unpaired) electrons. The Labute approximate surface area is 139 Å². The maximum atomic E-state index is 11.8. The normalized spacial score (nSPS) is 12.8. The number of carbonyl (C=O) groups is 2. The third kappa shape index (κ3) is 11.3. The molecular formula is C16H30O6S. The maximum Gasteiger partial charge on any atom is 0.327 e. The molecule has 0 bridgehead atoms. The lowest BCUT2D eigenvalue weighted by Gasteiger charge is -2.13. The number of ether oxygens (including phenoxy) is 1. The number of hydrogen-bond acceptors (Lipinski definition) is 5. The van der Waals surface area contributed by atoms with Crippen molar-refractivity contribution in [1.82, 2.24) is 0 Å². The molecule has 0 saturated carbocycles. The van der Waals surface area contributed by atoms with Crippen molar-refractivity contribution in [1.29, 1.82) is 0 Å². The van der Waals surface area contributed by atoms with E-state index in [4.69, 9.17) is 9.29 Å². The van der Waals surface area contributed by atoms with Gasteiger partial charge in [0.1, 0.15) is 5.78 Å². The van der Waals surface area contributed by atoms with E-state index >= 15 is 0 Å². The summed E-state index contributed by atoms with van der Waals surface area (Å²) >= 11 is 0. The number of esters is 1. The van der Waals surface area contributed by atoms with Crippen molar-refractivity contribution in [3.05, 3.63) is 0 Å². The lowest BCUT2D eigenvalue weighted by atomic mass is 10.1. The molecule has 0 aromatic heterocycles. The average Bonchev–Trinajstić information content (AvgIpc) is 2.47. The first kappa shape index (κ1) is 22.1. The van der Waals surface area contributed by atoms with Gasteiger partial charge in [0.05, 0.1) is 6.61 Å². The molecule has 1 N–H and O–H groups in total. The Kier molecular flexibility index (Phi) is 12.0. The van der Waals surface area contributed by atoms with Crippen molar-refractivity contribution in [2.24, 2.45) is 0 Å². The van der Waals surface area contributed by atoms with Gasteiger partial charge in [-0.2, -0.15) is 8.42 Å². The molecule has 7 heteroatoms. The minimum absolute atomic E-state index is 0.107. The molecular weight excluding hydrogens is 320 g/mol. The van der Waals surface area contributed by atoms with Gasteiger partial charge in [-0.3, -0.25) is 14.1 Å². The van der Waals surface area contributed by atoms with Crippen LogP contribution >= 0.6 is 0 Å². The molecule has 0 saturated heterocycles. The van der Waals surface area contributed by atoms with Gasteiger partial charge >= 0.3 is 5.97 Å². The van der Waals surface area contributed by atoms with E-state index < -0.39 is 27.8 Å². The van der Waals surface area contributed by atoms with Gasteiger partial charge in [0.25, 0.3) is 10.1 Å². The predicted molar refractivity (Wildman–Crippen MR) is 88.8 cm³/mol. The molecule has 1 atom stereocenters. The van der Waals surface area contributed by atoms with Crippen molar-refractivity contribution >= 4 is 21.9 Å². The van der Waals surface area contributed by atoms with Gasteiger partial charge in [-0.1, -0.05) is 52.4 Å². The van der Waals surface area contributed by atoms with E-state index in [1.54, 1.807) is 0 Å². The van der Waals surface area contributed by atoms with Crippen molar-refractivity contribution < 1.29 is 27.3 Å². The molecule has 0 aliphatic rings. The molecule has 0 aliphatic carbocycles. The van der Waals surface area contributed by atoms with Crippen molar-refractivity contribution in [2.75, 3.05) is 6.61 Å². The van der Waals surface area contributed by atoms with Crippen LogP contribution < -0.4 is 0 Å². The molecule has 0 aromatic carbocycles. The highest BCUT2D eigenvalue weighted by molar-refractivity contribution is 7.87. The summed E-state index contributed by atoms with van der Waals surface area (Å²) in [4.78, 5) is 23.6. The molecule has 23 heavy (non-hydrogen) atoms. The van der Waals surface area contributed by atoms with Crippen LogP contribution in [0.4, 0.5) is 0 Å². The fraction of sp³-hybridized carbons (Fsp3) is 0.875. The van der Waals surface area contributed by atoms with Crippen LogP contribution in [-0.4, -0.2) is 36.6 Å². The summed E-state index contributed by atoms with van der Waals surface area (Å²) in [5, 5.41) is -1.80. The molecule has 6 nitrogen and oxygen atoms in total. The molecule has 0 heterocycles. The maximum absolute atomic E-state index is 11.8. The summed E-state index contributed by atoms with van der Waals surface area (Å²) in [6, 6.07) is 0. The number of ketones is 1. The topological polar surface area (TPSA) is 97.7 Å². The number of carbonyl (C=O) groups excluding carboxylic acids is 2. The summed E-state index contributed by atoms with van der Waals surface area (Å²) in [5.74, 6) is -1.38. The third-order valence-electron chi connectivity index (χ3n) is 3.59. The van der Waals surface area contributed by atoms with E-state index in [1.807, 2.05) is 13.8 Å². The van der Waals surface area contributed by atoms with Crippen LogP contribution in [0.3, 0.4) is 0 Å². The van der Waals surface area contributed by atoms with Gasteiger partial charge in [-0.05, 0) is 12.8 Å². The molecule has 0 unspecified atom stereocenters. The van der Waals surface area contributed by atoms with Crippen LogP contribution in [0.1, 0.15) is 78.1 Å². The van der Waals surface area contributed by atoms with Crippen LogP contribution in [0.5, 0.6) is 0 Å². The first-order chi connectivity index (χ1) is 10.8. The molecule has 0 aromatic rings. The molecule has 136 valence electrons. The van der Waals surface area contributed by atoms with Gasteiger partial charge in [-0.15, -0.1) is 0 Å². The summed E-state index contributed by atoms with van der Waals surface area (Å²) in [5.41, 5.74) is 0. The standard InChI is InChI=1S/C16H30O6S/c1-3-5-7-9-11-14(17)13-15(23(19,20)21)16(18)22-12-10-8-6-4-2/h15H,3-13H2,1-2H3,(H,19,20,21)/t15-/m1/s1. The van der Waals surface area contributed by atoms with Crippen LogP contribution in [0, 0.1) is 0 Å². The smallest absolute Gasteiger partial charge is 0.327 e. The third-order valence-corrected chi connectivity index (χ3v) is 4.67. The van der Waals surface area contributed by atoms with Crippen LogP contribution in [0.2, 0.25) is 0 Å². The summed E-state index contributed by atoms with van der Waals surface area (Å²) in [7, 11) is -4.64. The highest BCUT2D eigenvalue weighted by atomic mass is 32.2. The van der Waals surface area contributed by atoms with E-state index in [0.29, 0.717) is 12.8 Å². The van der Waals surface area contributed by atoms with E-state index in [2.05, 4.69) is 0 Å². The number of unbranched alkanes of at least 4 members (excludes halogenated alkanes) is 6. The second-order valence-corrected chi connectivity index (χ2v) is 7.38. The molecule has 0 spiro atoms. The summed E-state index contributed by atoms with van der Waals surface area (Å²) in [6.07, 6.45) is 6.87. The Morgan fingerprint density at radius 2 is 1.52 bits per heavy atom. The second-order valence-electron chi connectivity index (χ2n) is 5.79. The van der Waals surface area contributed by atoms with E-state index in [0.717, 1.165) is 38.5 Å². The van der Waals surface area contributed by atoms with Gasteiger partial charge in [0.15, 0.2) is 5.25 Å². The fourth-order valence-corrected chi connectivity index (χ4v) is 2.87. The Morgan fingerprint density at radius 1 is 0.957 bits per heavy atom. The highest BCUT2D eigenvalue weighted by Crippen LogP contribution is 2.12. The Hall–Kier alpha value is -0.950. The zero-order valence-electron chi connectivity index (χ0n) is 14.3. The van der Waals surface area contributed by atoms with Crippen molar-refractivity contribution in [2.45, 2.75) is 83.3 Å². The fourth-order valence-electron chi connectivity index (χ4n) is 2.16. The van der Waals surface area contributed by atoms with Gasteiger partial charge in [0, 0.05) is 12.8 Å². The zero-order chi connectivity index (χ0) is 17.7. The van der Waals surface area contributed by atoms with Crippen molar-refractivity contribution in [3.63, 3.8) is 0 Å². The largest absolute Gasteiger partial charge is 0.465 e. The van der Waals surface area contributed by atoms with Crippen molar-refractivity contribution in [3.8, 4) is 0 Å². The lowest BCUT2D eigenvalue weighted by molar-refractivity contribution is -0.144.